The highest BCUT2D eigenvalue weighted by Gasteiger charge is 2.51. The van der Waals surface area contributed by atoms with Crippen molar-refractivity contribution in [3.63, 3.8) is 0 Å². The molecule has 0 spiro atoms. The van der Waals surface area contributed by atoms with E-state index in [1.807, 2.05) is 0 Å². The Labute approximate surface area is 122 Å². The van der Waals surface area contributed by atoms with Crippen molar-refractivity contribution in [1.29, 1.82) is 0 Å². The van der Waals surface area contributed by atoms with Crippen LogP contribution in [0.2, 0.25) is 0 Å². The summed E-state index contributed by atoms with van der Waals surface area (Å²) in [4.78, 5) is 12.7. The number of hydrogen-bond acceptors (Lipinski definition) is 1. The number of amides is 1. The molecule has 2 nitrogen and oxygen atoms in total. The maximum absolute atomic E-state index is 12.7. The summed E-state index contributed by atoms with van der Waals surface area (Å²) >= 11 is 0. The number of rotatable bonds is 3. The van der Waals surface area contributed by atoms with E-state index in [1.165, 1.54) is 36.8 Å². The number of hydrogen-bond donors (Lipinski definition) is 1. The van der Waals surface area contributed by atoms with Gasteiger partial charge in [-0.15, -0.1) is 0 Å². The molecule has 1 aromatic carbocycles. The van der Waals surface area contributed by atoms with Crippen LogP contribution in [0.15, 0.2) is 24.3 Å². The van der Waals surface area contributed by atoms with Crippen molar-refractivity contribution in [1.82, 2.24) is 5.32 Å². The summed E-state index contributed by atoms with van der Waals surface area (Å²) in [5.41, 5.74) is 2.25. The van der Waals surface area contributed by atoms with Crippen molar-refractivity contribution >= 4 is 5.91 Å². The highest BCUT2D eigenvalue weighted by molar-refractivity contribution is 5.91. The lowest BCUT2D eigenvalue weighted by Gasteiger charge is -2.21. The minimum atomic E-state index is -0.208. The summed E-state index contributed by atoms with van der Waals surface area (Å²) in [6.45, 7) is 2.09. The molecule has 0 heterocycles. The number of aryl methyl sites for hydroxylation is 1. The molecule has 20 heavy (non-hydrogen) atoms. The first-order valence-corrected chi connectivity index (χ1v) is 8.09. The number of carbonyl (C=O) groups excluding carboxylic acids is 1. The van der Waals surface area contributed by atoms with Gasteiger partial charge in [0.1, 0.15) is 0 Å². The highest BCUT2D eigenvalue weighted by Crippen LogP contribution is 2.48. The summed E-state index contributed by atoms with van der Waals surface area (Å²) in [7, 11) is 0. The van der Waals surface area contributed by atoms with Crippen LogP contribution in [0.1, 0.15) is 62.5 Å². The van der Waals surface area contributed by atoms with E-state index in [9.17, 15) is 4.79 Å². The molecule has 1 amide bonds. The third-order valence-electron chi connectivity index (χ3n) is 4.98. The van der Waals surface area contributed by atoms with Gasteiger partial charge in [-0.3, -0.25) is 4.79 Å². The lowest BCUT2D eigenvalue weighted by atomic mass is 9.93. The van der Waals surface area contributed by atoms with Crippen molar-refractivity contribution in [2.24, 2.45) is 0 Å². The van der Waals surface area contributed by atoms with E-state index in [0.717, 1.165) is 25.7 Å². The molecule has 0 radical (unpaired) electrons. The van der Waals surface area contributed by atoms with Gasteiger partial charge in [0.25, 0.3) is 0 Å². The van der Waals surface area contributed by atoms with Gasteiger partial charge in [-0.1, -0.05) is 55.5 Å². The van der Waals surface area contributed by atoms with Crippen molar-refractivity contribution in [3.05, 3.63) is 35.4 Å². The normalized spacial score (nSPS) is 22.1. The third-order valence-corrected chi connectivity index (χ3v) is 4.98. The summed E-state index contributed by atoms with van der Waals surface area (Å²) < 4.78 is 0. The number of carbonyl (C=O) groups is 1. The van der Waals surface area contributed by atoms with E-state index in [0.29, 0.717) is 6.04 Å². The molecule has 0 atom stereocenters. The lowest BCUT2D eigenvalue weighted by molar-refractivity contribution is -0.124. The molecule has 0 bridgehead atoms. The quantitative estimate of drug-likeness (QED) is 0.831. The molecule has 2 fully saturated rings. The Bertz CT molecular complexity index is 465. The Hall–Kier alpha value is -1.31. The molecule has 2 aliphatic rings. The Morgan fingerprint density at radius 3 is 2.20 bits per heavy atom. The molecule has 1 N–H and O–H groups in total. The van der Waals surface area contributed by atoms with Crippen LogP contribution in [0.25, 0.3) is 0 Å². The van der Waals surface area contributed by atoms with Gasteiger partial charge in [-0.05, 0) is 38.2 Å². The summed E-state index contributed by atoms with van der Waals surface area (Å²) in [6, 6.07) is 8.92. The molecule has 0 unspecified atom stereocenters. The molecule has 0 saturated heterocycles. The van der Waals surface area contributed by atoms with Gasteiger partial charge in [0.05, 0.1) is 5.41 Å². The van der Waals surface area contributed by atoms with Crippen LogP contribution in [0.4, 0.5) is 0 Å². The smallest absolute Gasteiger partial charge is 0.230 e. The average Bonchev–Trinajstić information content (AvgIpc) is 3.24. The van der Waals surface area contributed by atoms with Gasteiger partial charge in [0.2, 0.25) is 5.91 Å². The zero-order valence-corrected chi connectivity index (χ0v) is 12.5. The van der Waals surface area contributed by atoms with Crippen LogP contribution in [0, 0.1) is 6.92 Å². The van der Waals surface area contributed by atoms with E-state index < -0.39 is 0 Å². The minimum absolute atomic E-state index is 0.208. The molecule has 2 saturated carbocycles. The Balaban J connectivity index is 1.68. The predicted octanol–water partition coefficient (Wildman–Crippen LogP) is 3.87. The van der Waals surface area contributed by atoms with E-state index in [-0.39, 0.29) is 11.3 Å². The largest absolute Gasteiger partial charge is 0.353 e. The van der Waals surface area contributed by atoms with Crippen molar-refractivity contribution in [3.8, 4) is 0 Å². The Morgan fingerprint density at radius 2 is 1.65 bits per heavy atom. The van der Waals surface area contributed by atoms with Gasteiger partial charge in [0, 0.05) is 6.04 Å². The van der Waals surface area contributed by atoms with Crippen LogP contribution in [-0.2, 0) is 10.2 Å². The van der Waals surface area contributed by atoms with Crippen LogP contribution in [0.3, 0.4) is 0 Å². The van der Waals surface area contributed by atoms with Crippen molar-refractivity contribution < 1.29 is 4.79 Å². The first-order valence-electron chi connectivity index (χ1n) is 8.09. The zero-order valence-electron chi connectivity index (χ0n) is 12.5. The fourth-order valence-corrected chi connectivity index (χ4v) is 3.39. The molecule has 2 heteroatoms. The van der Waals surface area contributed by atoms with Gasteiger partial charge < -0.3 is 5.32 Å². The van der Waals surface area contributed by atoms with Crippen LogP contribution >= 0.6 is 0 Å². The monoisotopic (exact) mass is 271 g/mol. The molecular formula is C18H25NO. The number of nitrogens with one attached hydrogen (secondary N) is 1. The van der Waals surface area contributed by atoms with Crippen LogP contribution < -0.4 is 5.32 Å². The maximum Gasteiger partial charge on any atom is 0.230 e. The Kier molecular flexibility index (Phi) is 3.82. The zero-order chi connectivity index (χ0) is 14.0. The Morgan fingerprint density at radius 1 is 1.05 bits per heavy atom. The second-order valence-corrected chi connectivity index (χ2v) is 6.61. The average molecular weight is 271 g/mol. The lowest BCUT2D eigenvalue weighted by Crippen LogP contribution is -2.41. The highest BCUT2D eigenvalue weighted by atomic mass is 16.2. The van der Waals surface area contributed by atoms with Crippen molar-refractivity contribution in [2.45, 2.75) is 69.7 Å². The van der Waals surface area contributed by atoms with Gasteiger partial charge in [-0.2, -0.15) is 0 Å². The third kappa shape index (κ3) is 2.74. The molecule has 3 rings (SSSR count). The summed E-state index contributed by atoms with van der Waals surface area (Å²) in [5.74, 6) is 0.272. The van der Waals surface area contributed by atoms with E-state index in [2.05, 4.69) is 36.5 Å². The first-order chi connectivity index (χ1) is 9.71. The first kappa shape index (κ1) is 13.7. The molecule has 0 aromatic heterocycles. The molecule has 0 aliphatic heterocycles. The second-order valence-electron chi connectivity index (χ2n) is 6.61. The fourth-order valence-electron chi connectivity index (χ4n) is 3.39. The fraction of sp³-hybridized carbons (Fsp3) is 0.611. The van der Waals surface area contributed by atoms with E-state index in [1.54, 1.807) is 0 Å². The van der Waals surface area contributed by atoms with E-state index in [4.69, 9.17) is 0 Å². The molecule has 1 aromatic rings. The SMILES string of the molecule is Cc1ccc(C2(C(=O)NC3CCCCCC3)CC2)cc1. The number of benzene rings is 1. The summed E-state index contributed by atoms with van der Waals surface area (Å²) in [5, 5.41) is 3.34. The maximum atomic E-state index is 12.7. The minimum Gasteiger partial charge on any atom is -0.353 e. The van der Waals surface area contributed by atoms with Gasteiger partial charge in [-0.25, -0.2) is 0 Å². The van der Waals surface area contributed by atoms with E-state index >= 15 is 0 Å². The van der Waals surface area contributed by atoms with Gasteiger partial charge in [0.15, 0.2) is 0 Å². The molecule has 2 aliphatic carbocycles. The predicted molar refractivity (Wildman–Crippen MR) is 81.7 cm³/mol. The van der Waals surface area contributed by atoms with Crippen molar-refractivity contribution in [2.75, 3.05) is 0 Å². The molecular weight excluding hydrogens is 246 g/mol. The van der Waals surface area contributed by atoms with Crippen LogP contribution in [-0.4, -0.2) is 11.9 Å². The topological polar surface area (TPSA) is 29.1 Å². The molecule has 108 valence electrons. The van der Waals surface area contributed by atoms with Gasteiger partial charge >= 0.3 is 0 Å². The van der Waals surface area contributed by atoms with Crippen LogP contribution in [0.5, 0.6) is 0 Å². The standard InChI is InChI=1S/C18H25NO/c1-14-8-10-15(11-9-14)18(12-13-18)17(20)19-16-6-4-2-3-5-7-16/h8-11,16H,2-7,12-13H2,1H3,(H,19,20). The second kappa shape index (κ2) is 5.59. The summed E-state index contributed by atoms with van der Waals surface area (Å²) in [6.07, 6.45) is 9.53.